The van der Waals surface area contributed by atoms with Gasteiger partial charge in [0.05, 0.1) is 5.56 Å². The van der Waals surface area contributed by atoms with Gasteiger partial charge in [-0.25, -0.2) is 0 Å². The molecule has 1 heterocycles. The largest absolute Gasteiger partial charge is 0.416 e. The number of piperazine rings is 1. The lowest BCUT2D eigenvalue weighted by Crippen LogP contribution is -2.43. The Kier molecular flexibility index (Phi) is 5.43. The maximum Gasteiger partial charge on any atom is 0.416 e. The van der Waals surface area contributed by atoms with Crippen molar-refractivity contribution in [2.75, 3.05) is 32.7 Å². The summed E-state index contributed by atoms with van der Waals surface area (Å²) < 4.78 is 38.5. The molecule has 1 aliphatic rings. The summed E-state index contributed by atoms with van der Waals surface area (Å²) in [6.07, 6.45) is -1.99. The second-order valence-corrected chi connectivity index (χ2v) is 5.20. The van der Waals surface area contributed by atoms with E-state index < -0.39 is 11.7 Å². The van der Waals surface area contributed by atoms with Crippen LogP contribution in [-0.4, -0.2) is 37.6 Å². The third-order valence-corrected chi connectivity index (χ3v) is 3.70. The van der Waals surface area contributed by atoms with Crippen LogP contribution in [0, 0.1) is 0 Å². The summed E-state index contributed by atoms with van der Waals surface area (Å²) in [4.78, 5) is 2.37. The highest BCUT2D eigenvalue weighted by atomic mass is 19.4. The van der Waals surface area contributed by atoms with E-state index in [4.69, 9.17) is 0 Å². The Hall–Kier alpha value is -1.07. The van der Waals surface area contributed by atoms with E-state index in [1.54, 1.807) is 12.1 Å². The molecule has 1 fully saturated rings. The van der Waals surface area contributed by atoms with Gasteiger partial charge >= 0.3 is 6.18 Å². The second kappa shape index (κ2) is 7.09. The summed E-state index contributed by atoms with van der Waals surface area (Å²) in [5, 5.41) is 3.29. The van der Waals surface area contributed by atoms with E-state index in [-0.39, 0.29) is 0 Å². The Balaban J connectivity index is 1.79. The molecule has 0 spiro atoms. The van der Waals surface area contributed by atoms with Crippen LogP contribution in [0.3, 0.4) is 0 Å². The molecule has 5 heteroatoms. The van der Waals surface area contributed by atoms with Crippen LogP contribution in [0.1, 0.15) is 24.0 Å². The van der Waals surface area contributed by atoms with E-state index in [1.165, 1.54) is 12.1 Å². The first-order valence-electron chi connectivity index (χ1n) is 7.15. The number of benzene rings is 1. The lowest BCUT2D eigenvalue weighted by molar-refractivity contribution is -0.138. The highest BCUT2D eigenvalue weighted by molar-refractivity contribution is 5.29. The normalized spacial score (nSPS) is 17.4. The molecule has 0 radical (unpaired) electrons. The summed E-state index contributed by atoms with van der Waals surface area (Å²) in [5.41, 5.74) is -0.0671. The lowest BCUT2D eigenvalue weighted by Gasteiger charge is -2.27. The van der Waals surface area contributed by atoms with Crippen molar-refractivity contribution in [3.63, 3.8) is 0 Å². The molecule has 0 amide bonds. The van der Waals surface area contributed by atoms with E-state index >= 15 is 0 Å². The van der Waals surface area contributed by atoms with Gasteiger partial charge in [-0.1, -0.05) is 18.2 Å². The van der Waals surface area contributed by atoms with Gasteiger partial charge in [-0.05, 0) is 37.4 Å². The zero-order valence-corrected chi connectivity index (χ0v) is 11.5. The van der Waals surface area contributed by atoms with Gasteiger partial charge in [0.1, 0.15) is 0 Å². The average Bonchev–Trinajstić information content (AvgIpc) is 2.44. The quantitative estimate of drug-likeness (QED) is 0.837. The van der Waals surface area contributed by atoms with E-state index in [1.807, 2.05) is 0 Å². The van der Waals surface area contributed by atoms with Crippen molar-refractivity contribution in [3.8, 4) is 0 Å². The first-order chi connectivity index (χ1) is 9.57. The molecule has 112 valence electrons. The van der Waals surface area contributed by atoms with Crippen LogP contribution in [0.2, 0.25) is 0 Å². The van der Waals surface area contributed by atoms with Crippen molar-refractivity contribution in [1.29, 1.82) is 0 Å². The van der Waals surface area contributed by atoms with Gasteiger partial charge < -0.3 is 10.2 Å². The van der Waals surface area contributed by atoms with Gasteiger partial charge in [0.15, 0.2) is 0 Å². The summed E-state index contributed by atoms with van der Waals surface area (Å²) in [5.74, 6) is 0. The number of aryl methyl sites for hydroxylation is 1. The molecule has 0 saturated carbocycles. The monoisotopic (exact) mass is 286 g/mol. The Bertz CT molecular complexity index is 412. The Labute approximate surface area is 118 Å². The van der Waals surface area contributed by atoms with E-state index in [0.717, 1.165) is 45.6 Å². The van der Waals surface area contributed by atoms with Crippen LogP contribution in [-0.2, 0) is 12.6 Å². The summed E-state index contributed by atoms with van der Waals surface area (Å²) in [7, 11) is 0. The van der Waals surface area contributed by atoms with Gasteiger partial charge in [0.2, 0.25) is 0 Å². The zero-order valence-electron chi connectivity index (χ0n) is 11.5. The molecule has 0 aliphatic carbocycles. The summed E-state index contributed by atoms with van der Waals surface area (Å²) >= 11 is 0. The highest BCUT2D eigenvalue weighted by Crippen LogP contribution is 2.32. The number of nitrogens with one attached hydrogen (secondary N) is 1. The third kappa shape index (κ3) is 4.49. The minimum atomic E-state index is -4.24. The van der Waals surface area contributed by atoms with Crippen molar-refractivity contribution < 1.29 is 13.2 Å². The van der Waals surface area contributed by atoms with Gasteiger partial charge in [0, 0.05) is 26.2 Å². The van der Waals surface area contributed by atoms with Crippen LogP contribution in [0.4, 0.5) is 13.2 Å². The molecule has 2 rings (SSSR count). The first-order valence-corrected chi connectivity index (χ1v) is 7.15. The highest BCUT2D eigenvalue weighted by Gasteiger charge is 2.32. The van der Waals surface area contributed by atoms with Crippen molar-refractivity contribution in [3.05, 3.63) is 35.4 Å². The summed E-state index contributed by atoms with van der Waals surface area (Å²) in [6.45, 7) is 5.09. The number of unbranched alkanes of at least 4 members (excludes halogenated alkanes) is 1. The number of halogens is 3. The Morgan fingerprint density at radius 3 is 2.45 bits per heavy atom. The second-order valence-electron chi connectivity index (χ2n) is 5.20. The number of hydrogen-bond acceptors (Lipinski definition) is 2. The van der Waals surface area contributed by atoms with E-state index in [9.17, 15) is 13.2 Å². The molecule has 0 aromatic heterocycles. The number of alkyl halides is 3. The molecule has 1 aliphatic heterocycles. The fraction of sp³-hybridized carbons (Fsp3) is 0.600. The molecule has 1 N–H and O–H groups in total. The molecule has 0 bridgehead atoms. The SMILES string of the molecule is FC(F)(F)c1ccccc1CCCCN1CCNCC1. The molecule has 20 heavy (non-hydrogen) atoms. The third-order valence-electron chi connectivity index (χ3n) is 3.70. The van der Waals surface area contributed by atoms with Crippen LogP contribution in [0.25, 0.3) is 0 Å². The van der Waals surface area contributed by atoms with Gasteiger partial charge in [-0.2, -0.15) is 13.2 Å². The van der Waals surface area contributed by atoms with E-state index in [2.05, 4.69) is 10.2 Å². The Morgan fingerprint density at radius 1 is 1.05 bits per heavy atom. The maximum absolute atomic E-state index is 12.8. The van der Waals surface area contributed by atoms with Crippen LogP contribution >= 0.6 is 0 Å². The predicted molar refractivity (Wildman–Crippen MR) is 73.7 cm³/mol. The molecule has 1 aromatic carbocycles. The molecule has 0 atom stereocenters. The molecule has 2 nitrogen and oxygen atoms in total. The molecule has 0 unspecified atom stereocenters. The molecular weight excluding hydrogens is 265 g/mol. The predicted octanol–water partition coefficient (Wildman–Crippen LogP) is 2.93. The number of hydrogen-bond donors (Lipinski definition) is 1. The topological polar surface area (TPSA) is 15.3 Å². The van der Waals surface area contributed by atoms with Crippen LogP contribution in [0.5, 0.6) is 0 Å². The van der Waals surface area contributed by atoms with Crippen LogP contribution < -0.4 is 5.32 Å². The van der Waals surface area contributed by atoms with Crippen molar-refractivity contribution in [2.45, 2.75) is 25.4 Å². The molecule has 1 saturated heterocycles. The van der Waals surface area contributed by atoms with Crippen molar-refractivity contribution in [1.82, 2.24) is 10.2 Å². The number of rotatable bonds is 5. The fourth-order valence-corrected chi connectivity index (χ4v) is 2.60. The minimum absolute atomic E-state index is 0.417. The molecular formula is C15H21F3N2. The lowest BCUT2D eigenvalue weighted by atomic mass is 10.0. The van der Waals surface area contributed by atoms with Crippen molar-refractivity contribution >= 4 is 0 Å². The zero-order chi connectivity index (χ0) is 14.4. The fourth-order valence-electron chi connectivity index (χ4n) is 2.60. The van der Waals surface area contributed by atoms with Gasteiger partial charge in [-0.3, -0.25) is 0 Å². The standard InChI is InChI=1S/C15H21F3N2/c16-15(17,18)14-7-2-1-5-13(14)6-3-4-10-20-11-8-19-9-12-20/h1-2,5,7,19H,3-4,6,8-12H2. The maximum atomic E-state index is 12.8. The Morgan fingerprint density at radius 2 is 1.75 bits per heavy atom. The van der Waals surface area contributed by atoms with Gasteiger partial charge in [-0.15, -0.1) is 0 Å². The molecule has 1 aromatic rings. The number of nitrogens with zero attached hydrogens (tertiary/aromatic N) is 1. The minimum Gasteiger partial charge on any atom is -0.314 e. The average molecular weight is 286 g/mol. The van der Waals surface area contributed by atoms with Gasteiger partial charge in [0.25, 0.3) is 0 Å². The van der Waals surface area contributed by atoms with Crippen molar-refractivity contribution in [2.24, 2.45) is 0 Å². The van der Waals surface area contributed by atoms with E-state index in [0.29, 0.717) is 12.0 Å². The summed E-state index contributed by atoms with van der Waals surface area (Å²) in [6, 6.07) is 5.90. The van der Waals surface area contributed by atoms with Crippen LogP contribution in [0.15, 0.2) is 24.3 Å². The smallest absolute Gasteiger partial charge is 0.314 e. The first kappa shape index (κ1) is 15.3.